The lowest BCUT2D eigenvalue weighted by Gasteiger charge is -2.27. The number of carbonyl (C=O) groups excluding carboxylic acids is 5. The minimum absolute atomic E-state index is 0. The first-order chi connectivity index (χ1) is 21.9. The number of ether oxygens (including phenoxy) is 2. The molecule has 0 bridgehead atoms. The van der Waals surface area contributed by atoms with E-state index in [-0.39, 0.29) is 48.0 Å². The van der Waals surface area contributed by atoms with Crippen LogP contribution in [0.4, 0.5) is 14.0 Å². The van der Waals surface area contributed by atoms with E-state index in [0.717, 1.165) is 5.57 Å². The summed E-state index contributed by atoms with van der Waals surface area (Å²) in [6.07, 6.45) is 1.56. The Kier molecular flexibility index (Phi) is 11.6. The number of nitrogens with one attached hydrogen (secondary N) is 2. The zero-order valence-electron chi connectivity index (χ0n) is 28.1. The molecule has 2 fully saturated rings. The molecular formula is C34H52FN5O7. The van der Waals surface area contributed by atoms with Crippen molar-refractivity contribution in [3.05, 3.63) is 72.6 Å². The highest BCUT2D eigenvalue weighted by atomic mass is 19.1. The molecule has 4 atom stereocenters. The second-order valence-electron chi connectivity index (χ2n) is 13.1. The summed E-state index contributed by atoms with van der Waals surface area (Å²) < 4.78 is 25.1. The number of halogens is 1. The van der Waals surface area contributed by atoms with Gasteiger partial charge >= 0.3 is 12.2 Å². The molecule has 2 N–H and O–H groups in total. The third kappa shape index (κ3) is 9.20. The van der Waals surface area contributed by atoms with Crippen LogP contribution >= 0.6 is 0 Å². The van der Waals surface area contributed by atoms with Crippen molar-refractivity contribution in [2.75, 3.05) is 27.2 Å². The third-order valence-electron chi connectivity index (χ3n) is 8.14. The van der Waals surface area contributed by atoms with Crippen molar-refractivity contribution in [3.63, 3.8) is 0 Å². The molecule has 1 aliphatic carbocycles. The van der Waals surface area contributed by atoms with Crippen LogP contribution in [0.15, 0.2) is 55.7 Å². The van der Waals surface area contributed by atoms with Crippen LogP contribution in [-0.2, 0) is 36.9 Å². The van der Waals surface area contributed by atoms with Crippen LogP contribution in [-0.4, -0.2) is 95.1 Å². The lowest BCUT2D eigenvalue weighted by molar-refractivity contribution is -0.138. The van der Waals surface area contributed by atoms with Gasteiger partial charge in [-0.2, -0.15) is 0 Å². The number of benzene rings is 1. The van der Waals surface area contributed by atoms with Gasteiger partial charge in [-0.3, -0.25) is 19.3 Å². The van der Waals surface area contributed by atoms with Gasteiger partial charge in [0.25, 0.3) is 0 Å². The molecule has 0 unspecified atom stereocenters. The predicted molar refractivity (Wildman–Crippen MR) is 179 cm³/mol. The second kappa shape index (κ2) is 14.8. The van der Waals surface area contributed by atoms with Crippen molar-refractivity contribution in [3.8, 4) is 0 Å². The van der Waals surface area contributed by atoms with E-state index in [2.05, 4.69) is 30.4 Å². The minimum atomic E-state index is -0.943. The Hall–Kier alpha value is -4.68. The summed E-state index contributed by atoms with van der Waals surface area (Å²) in [5, 5.41) is 5.45. The summed E-state index contributed by atoms with van der Waals surface area (Å²) in [7, 11) is 3.37. The van der Waals surface area contributed by atoms with Crippen molar-refractivity contribution in [1.82, 2.24) is 25.3 Å². The molecule has 2 aliphatic heterocycles. The molecule has 262 valence electrons. The van der Waals surface area contributed by atoms with Crippen LogP contribution < -0.4 is 10.6 Å². The summed E-state index contributed by atoms with van der Waals surface area (Å²) in [6.45, 7) is 17.9. The molecule has 0 spiro atoms. The van der Waals surface area contributed by atoms with Gasteiger partial charge in [0.05, 0.1) is 18.6 Å². The zero-order valence-corrected chi connectivity index (χ0v) is 28.1. The standard InChI is InChI=1S/C29H37FN4O6.C5H9NO.3H2/c1-7-19-12-29(19,17(2)3)32-25(36)23-11-20(15-34(23)24(35)13-31-26(37)40-28(4,5)6)39-27(38)33-14-18-9-8-10-22(30)21(18)16-33;1-4-5(7)6(2)3;;;/h7-10,19-20,23H,1-2,11-16H2,3-6H3,(H,31,37)(H,32,36);4H,1H2,2-3H3;3*1H/t19-,20-,23+,29+;;;;/m1..../s1. The number of likely N-dealkylation sites (N-methyl/N-ethyl adjacent to an activating group) is 1. The van der Waals surface area contributed by atoms with E-state index in [9.17, 15) is 28.4 Å². The van der Waals surface area contributed by atoms with Gasteiger partial charge in [-0.05, 0) is 51.8 Å². The summed E-state index contributed by atoms with van der Waals surface area (Å²) >= 11 is 0. The van der Waals surface area contributed by atoms with Crippen molar-refractivity contribution in [1.29, 1.82) is 0 Å². The van der Waals surface area contributed by atoms with E-state index in [4.69, 9.17) is 9.47 Å². The Bertz CT molecular complexity index is 1450. The van der Waals surface area contributed by atoms with Crippen LogP contribution in [0, 0.1) is 11.7 Å². The number of likely N-dealkylation sites (tertiary alicyclic amines) is 1. The maximum absolute atomic E-state index is 14.2. The molecule has 5 amide bonds. The molecule has 13 heteroatoms. The molecule has 0 aromatic heterocycles. The highest BCUT2D eigenvalue weighted by molar-refractivity contribution is 5.91. The number of carbonyl (C=O) groups is 5. The summed E-state index contributed by atoms with van der Waals surface area (Å²) in [5.74, 6) is -1.35. The van der Waals surface area contributed by atoms with E-state index in [1.165, 1.54) is 26.8 Å². The highest BCUT2D eigenvalue weighted by Crippen LogP contribution is 2.49. The first kappa shape index (κ1) is 36.8. The van der Waals surface area contributed by atoms with Gasteiger partial charge < -0.3 is 29.9 Å². The van der Waals surface area contributed by atoms with E-state index in [0.29, 0.717) is 17.5 Å². The molecule has 3 aliphatic rings. The Labute approximate surface area is 280 Å². The van der Waals surface area contributed by atoms with E-state index < -0.39 is 53.8 Å². The van der Waals surface area contributed by atoms with Gasteiger partial charge in [0.2, 0.25) is 17.7 Å². The lowest BCUT2D eigenvalue weighted by Crippen LogP contribution is -2.52. The molecule has 0 radical (unpaired) electrons. The molecule has 1 aromatic rings. The van der Waals surface area contributed by atoms with Crippen molar-refractivity contribution >= 4 is 29.9 Å². The number of rotatable bonds is 8. The minimum Gasteiger partial charge on any atom is -0.444 e. The number of amides is 5. The van der Waals surface area contributed by atoms with Gasteiger partial charge in [-0.15, -0.1) is 6.58 Å². The van der Waals surface area contributed by atoms with Crippen LogP contribution in [0.25, 0.3) is 0 Å². The van der Waals surface area contributed by atoms with Crippen LogP contribution in [0.5, 0.6) is 0 Å². The van der Waals surface area contributed by atoms with E-state index in [1.807, 2.05) is 6.92 Å². The largest absolute Gasteiger partial charge is 0.444 e. The molecular weight excluding hydrogens is 609 g/mol. The average Bonchev–Trinajstić information content (AvgIpc) is 3.30. The first-order valence-corrected chi connectivity index (χ1v) is 15.3. The SMILES string of the molecule is C=CC(=O)N(C)C.C=C[C@@H]1C[C@]1(NC(=O)[C@@H]1C[C@@H](OC(=O)N2Cc3cccc(F)c3C2)CN1C(=O)CNC(=O)OC(C)(C)C)C(=C)C.[HH].[HH].[HH]. The maximum Gasteiger partial charge on any atom is 0.410 e. The number of hydrogen-bond donors (Lipinski definition) is 2. The molecule has 4 rings (SSSR count). The molecule has 1 aromatic carbocycles. The van der Waals surface area contributed by atoms with Gasteiger partial charge in [-0.25, -0.2) is 14.0 Å². The lowest BCUT2D eigenvalue weighted by atomic mass is 10.0. The highest BCUT2D eigenvalue weighted by Gasteiger charge is 2.55. The van der Waals surface area contributed by atoms with Gasteiger partial charge in [-0.1, -0.05) is 36.9 Å². The monoisotopic (exact) mass is 661 g/mol. The number of alkyl carbamates (subject to hydrolysis) is 1. The van der Waals surface area contributed by atoms with Crippen LogP contribution in [0.1, 0.15) is 55.9 Å². The van der Waals surface area contributed by atoms with Gasteiger partial charge in [0, 0.05) is 42.8 Å². The first-order valence-electron chi connectivity index (χ1n) is 15.3. The van der Waals surface area contributed by atoms with E-state index >= 15 is 0 Å². The molecule has 1 saturated heterocycles. The normalized spacial score (nSPS) is 22.5. The maximum atomic E-state index is 14.2. The van der Waals surface area contributed by atoms with Crippen molar-refractivity contribution in [2.45, 2.75) is 76.9 Å². The second-order valence-corrected chi connectivity index (χ2v) is 13.1. The molecule has 47 heavy (non-hydrogen) atoms. The van der Waals surface area contributed by atoms with Gasteiger partial charge in [0.1, 0.15) is 30.1 Å². The topological polar surface area (TPSA) is 138 Å². The Morgan fingerprint density at radius 1 is 1.17 bits per heavy atom. The molecule has 2 heterocycles. The fraction of sp³-hybridized carbons (Fsp3) is 0.500. The quantitative estimate of drug-likeness (QED) is 0.311. The Balaban J connectivity index is 0.00000218. The summed E-state index contributed by atoms with van der Waals surface area (Å²) in [6, 6.07) is 3.75. The number of fused-ring (bicyclic) bond motifs is 1. The third-order valence-corrected chi connectivity index (χ3v) is 8.14. The molecule has 1 saturated carbocycles. The smallest absolute Gasteiger partial charge is 0.410 e. The van der Waals surface area contributed by atoms with Crippen molar-refractivity contribution in [2.24, 2.45) is 5.92 Å². The van der Waals surface area contributed by atoms with E-state index in [1.54, 1.807) is 53.1 Å². The fourth-order valence-corrected chi connectivity index (χ4v) is 5.50. The number of hydrogen-bond acceptors (Lipinski definition) is 7. The van der Waals surface area contributed by atoms with Crippen molar-refractivity contribution < 1.29 is 42.1 Å². The Morgan fingerprint density at radius 3 is 2.36 bits per heavy atom. The summed E-state index contributed by atoms with van der Waals surface area (Å²) in [4.78, 5) is 66.2. The molecule has 12 nitrogen and oxygen atoms in total. The van der Waals surface area contributed by atoms with Crippen LogP contribution in [0.2, 0.25) is 0 Å². The summed E-state index contributed by atoms with van der Waals surface area (Å²) in [5.41, 5.74) is 0.541. The predicted octanol–water partition coefficient (Wildman–Crippen LogP) is 4.41. The van der Waals surface area contributed by atoms with Crippen LogP contribution in [0.3, 0.4) is 0 Å². The Morgan fingerprint density at radius 2 is 1.85 bits per heavy atom. The van der Waals surface area contributed by atoms with Gasteiger partial charge in [0.15, 0.2) is 0 Å². The zero-order chi connectivity index (χ0) is 35.3. The number of nitrogens with zero attached hydrogens (tertiary/aromatic N) is 3. The average molecular weight is 662 g/mol. The fourth-order valence-electron chi connectivity index (χ4n) is 5.50.